The number of amides is 2. The summed E-state index contributed by atoms with van der Waals surface area (Å²) < 4.78 is 53.6. The molecule has 8 aromatic carbocycles. The van der Waals surface area contributed by atoms with Crippen molar-refractivity contribution >= 4 is 35.2 Å². The van der Waals surface area contributed by atoms with E-state index in [2.05, 4.69) is 154 Å². The number of pyridine rings is 1. The molecule has 119 heavy (non-hydrogen) atoms. The highest BCUT2D eigenvalue weighted by atomic mass is 19.1. The second kappa shape index (κ2) is 44.8. The first kappa shape index (κ1) is 106. The van der Waals surface area contributed by atoms with Crippen LogP contribution in [0.25, 0.3) is 0 Å². The first-order valence-corrected chi connectivity index (χ1v) is 39.5. The van der Waals surface area contributed by atoms with Crippen molar-refractivity contribution in [1.82, 2.24) is 4.98 Å². The molecule has 1 heterocycles. The molecule has 21 heteroatoms. The van der Waals surface area contributed by atoms with Crippen LogP contribution >= 0.6 is 0 Å². The van der Waals surface area contributed by atoms with Gasteiger partial charge in [0.15, 0.2) is 0 Å². The number of nitrogens with zero attached hydrogens (tertiary/aromatic N) is 1. The number of benzene rings is 8. The van der Waals surface area contributed by atoms with Crippen LogP contribution < -0.4 is 51.6 Å². The maximum Gasteiger partial charge on any atom is 0.248 e. The van der Waals surface area contributed by atoms with Gasteiger partial charge in [-0.2, -0.15) is 0 Å². The molecule has 0 atom stereocenters. The third kappa shape index (κ3) is 37.3. The normalized spacial score (nSPS) is 11.5. The topological polar surface area (TPSA) is 397 Å². The van der Waals surface area contributed by atoms with E-state index in [4.69, 9.17) is 73.2 Å². The molecule has 0 unspecified atom stereocenters. The predicted molar refractivity (Wildman–Crippen MR) is 490 cm³/mol. The van der Waals surface area contributed by atoms with E-state index in [1.807, 2.05) is 135 Å². The molecule has 9 aromatic rings. The number of hydrogen-bond donors (Lipinski definition) is 14. The predicted octanol–water partition coefficient (Wildman–Crippen LogP) is 20.2. The van der Waals surface area contributed by atoms with E-state index in [1.165, 1.54) is 47.0 Å². The number of aromatic hydroxyl groups is 1. The molecule has 0 saturated carbocycles. The van der Waals surface area contributed by atoms with Gasteiger partial charge >= 0.3 is 0 Å². The van der Waals surface area contributed by atoms with Gasteiger partial charge in [-0.15, -0.1) is 0 Å². The number of phenols is 1. The van der Waals surface area contributed by atoms with Crippen LogP contribution in [0.4, 0.5) is 17.6 Å². The Labute approximate surface area is 708 Å². The summed E-state index contributed by atoms with van der Waals surface area (Å²) >= 11 is 0. The van der Waals surface area contributed by atoms with E-state index in [0.29, 0.717) is 46.6 Å². The third-order valence-electron chi connectivity index (χ3n) is 18.6. The highest BCUT2D eigenvalue weighted by Gasteiger charge is 2.24. The van der Waals surface area contributed by atoms with Crippen LogP contribution in [0.5, 0.6) is 5.75 Å². The molecule has 9 rings (SSSR count). The van der Waals surface area contributed by atoms with Crippen molar-refractivity contribution in [1.29, 1.82) is 21.6 Å². The highest BCUT2D eigenvalue weighted by molar-refractivity contribution is 5.98. The van der Waals surface area contributed by atoms with Crippen molar-refractivity contribution < 1.29 is 32.3 Å². The van der Waals surface area contributed by atoms with E-state index in [9.17, 15) is 32.3 Å². The van der Waals surface area contributed by atoms with Crippen LogP contribution in [0, 0.1) is 44.9 Å². The average molecular weight is 1640 g/mol. The number of nitrogens with two attached hydrogens (primary N) is 9. The van der Waals surface area contributed by atoms with Gasteiger partial charge in [-0.25, -0.2) is 17.6 Å². The van der Waals surface area contributed by atoms with Crippen molar-refractivity contribution in [2.24, 2.45) is 51.6 Å². The van der Waals surface area contributed by atoms with Crippen molar-refractivity contribution in [3.05, 3.63) is 306 Å². The summed E-state index contributed by atoms with van der Waals surface area (Å²) in [5, 5.41) is 38.4. The van der Waals surface area contributed by atoms with Crippen molar-refractivity contribution in [3.63, 3.8) is 0 Å². The molecular formula is C98H140F4N14O3. The first-order valence-electron chi connectivity index (χ1n) is 39.5. The quantitative estimate of drug-likeness (QED) is 0.0366. The van der Waals surface area contributed by atoms with E-state index in [1.54, 1.807) is 54.7 Å². The minimum absolute atomic E-state index is 0.00598. The van der Waals surface area contributed by atoms with E-state index in [-0.39, 0.29) is 113 Å². The van der Waals surface area contributed by atoms with Crippen LogP contribution in [-0.2, 0) is 68.4 Å². The lowest BCUT2D eigenvalue weighted by atomic mass is 9.85. The van der Waals surface area contributed by atoms with Crippen LogP contribution in [-0.4, -0.2) is 45.2 Å². The number of aromatic nitrogens is 1. The van der Waals surface area contributed by atoms with Crippen molar-refractivity contribution in [2.45, 2.75) is 255 Å². The van der Waals surface area contributed by atoms with E-state index < -0.39 is 11.7 Å². The summed E-state index contributed by atoms with van der Waals surface area (Å²) in [7, 11) is 0. The molecule has 648 valence electrons. The Bertz CT molecular complexity index is 4660. The minimum atomic E-state index is -0.532. The molecule has 17 nitrogen and oxygen atoms in total. The number of halogens is 4. The lowest BCUT2D eigenvalue weighted by Crippen LogP contribution is -2.17. The molecule has 0 fully saturated rings. The van der Waals surface area contributed by atoms with Gasteiger partial charge in [0.2, 0.25) is 11.8 Å². The van der Waals surface area contributed by atoms with Crippen molar-refractivity contribution in [2.75, 3.05) is 0 Å². The van der Waals surface area contributed by atoms with Gasteiger partial charge in [0, 0.05) is 48.1 Å². The second-order valence-corrected chi connectivity index (χ2v) is 38.3. The number of carbonyl (C=O) groups is 2. The zero-order valence-corrected chi connectivity index (χ0v) is 75.9. The Morgan fingerprint density at radius 2 is 0.681 bits per heavy atom. The van der Waals surface area contributed by atoms with Gasteiger partial charge < -0.3 is 56.7 Å². The zero-order valence-electron chi connectivity index (χ0n) is 75.9. The maximum absolute atomic E-state index is 13.5. The van der Waals surface area contributed by atoms with Crippen LogP contribution in [0.1, 0.15) is 297 Å². The van der Waals surface area contributed by atoms with Gasteiger partial charge in [0.25, 0.3) is 0 Å². The highest BCUT2D eigenvalue weighted by Crippen LogP contribution is 2.32. The standard InChI is InChI=1S/C11H15FN2.C11H14FNO.2C11H16FN.C11H16N2O.C11H16N2.C11H15NO.C11H17N.C10H15N3/c1-11(2,3)7-4-5-8(10(13)14)9(12)6-7;1-11(2,3)8-6-7(10(13)14)4-5-9(8)12;1-11(2,3)9-5-4-8(7-13)10(12)6-9;1-11(2,3)9-5-4-8(7-13)6-10(9)12;1-11(2,3)7-4-5-8(10(12)13)9(14)6-7;1-11(2,3)9-6-4-8(5-7-9)10(12)13;1-11(2,3)9-6-4-5-8(7-9)10(12)13;1-11(2,3)10-6-4-9(8-12)5-7-10;1-10(2,3)7-4-5-8(9(11)12)13-6-7/h4-6H,1-3H3,(H3,13,14);4-6H,1-3H3,(H2,13,14);2*4-6H,7,13H2,1-3H3;4-6,14H,1-3H3,(H3,12,13);4-7H,1-3H3,(H3,12,13);4-7H,1-3H3,(H2,12,13);4-7H,8,12H2,1-3H3;4-6H,1-3H3,(H3,11,12). The first-order chi connectivity index (χ1) is 54.1. The monoisotopic (exact) mass is 1640 g/mol. The van der Waals surface area contributed by atoms with Gasteiger partial charge in [-0.1, -0.05) is 290 Å². The molecule has 0 spiro atoms. The molecule has 0 saturated heterocycles. The summed E-state index contributed by atoms with van der Waals surface area (Å²) in [5.41, 5.74) is 62.2. The smallest absolute Gasteiger partial charge is 0.248 e. The second-order valence-electron chi connectivity index (χ2n) is 38.3. The fourth-order valence-electron chi connectivity index (χ4n) is 10.6. The van der Waals surface area contributed by atoms with Gasteiger partial charge in [-0.05, 0) is 183 Å². The van der Waals surface area contributed by atoms with Gasteiger partial charge in [0.1, 0.15) is 58.1 Å². The summed E-state index contributed by atoms with van der Waals surface area (Å²) in [6.07, 6.45) is 1.77. The number of amidine groups is 4. The lowest BCUT2D eigenvalue weighted by molar-refractivity contribution is 0.0991. The Morgan fingerprint density at radius 3 is 1.03 bits per heavy atom. The molecule has 23 N–H and O–H groups in total. The molecule has 0 aliphatic heterocycles. The van der Waals surface area contributed by atoms with Crippen molar-refractivity contribution in [3.8, 4) is 5.75 Å². The zero-order chi connectivity index (χ0) is 92.3. The summed E-state index contributed by atoms with van der Waals surface area (Å²) in [4.78, 5) is 25.9. The van der Waals surface area contributed by atoms with Gasteiger partial charge in [0.05, 0.1) is 11.1 Å². The Hall–Kier alpha value is -10.9. The number of hydrogen-bond acceptors (Lipinski definition) is 11. The fourth-order valence-corrected chi connectivity index (χ4v) is 10.6. The number of phenolic OH excluding ortho intramolecular Hbond substituents is 1. The van der Waals surface area contributed by atoms with Gasteiger partial charge in [-0.3, -0.25) is 36.2 Å². The average Bonchev–Trinajstić information content (AvgIpc) is 0.912. The van der Waals surface area contributed by atoms with E-state index in [0.717, 1.165) is 44.5 Å². The van der Waals surface area contributed by atoms with Crippen LogP contribution in [0.2, 0.25) is 0 Å². The van der Waals surface area contributed by atoms with Crippen LogP contribution in [0.3, 0.4) is 0 Å². The molecule has 0 bridgehead atoms. The molecule has 0 radical (unpaired) electrons. The number of nitrogens with one attached hydrogen (secondary N) is 4. The van der Waals surface area contributed by atoms with E-state index >= 15 is 0 Å². The fraction of sp³-hybridized carbons (Fsp3) is 0.398. The summed E-state index contributed by atoms with van der Waals surface area (Å²) in [6, 6.07) is 52.2. The number of nitrogen functional groups attached to an aromatic ring is 4. The Morgan fingerprint density at radius 1 is 0.311 bits per heavy atom. The molecular weight excluding hydrogens is 1500 g/mol. The van der Waals surface area contributed by atoms with Crippen LogP contribution in [0.15, 0.2) is 182 Å². The molecule has 0 aliphatic carbocycles. The molecule has 1 aromatic heterocycles. The minimum Gasteiger partial charge on any atom is -0.507 e. The Balaban J connectivity index is 0.000000670. The third-order valence-corrected chi connectivity index (χ3v) is 18.6. The number of carbonyl (C=O) groups excluding carboxylic acids is 2. The lowest BCUT2D eigenvalue weighted by Gasteiger charge is -2.20. The number of rotatable bonds is 9. The Kier molecular flexibility index (Phi) is 40.0. The molecule has 0 aliphatic rings. The summed E-state index contributed by atoms with van der Waals surface area (Å²) in [5.74, 6) is -2.11. The number of primary amides is 2. The summed E-state index contributed by atoms with van der Waals surface area (Å²) in [6.45, 7) is 57.1. The SMILES string of the molecule is CC(C)(C)c1cc(C(N)=O)ccc1F.CC(C)(C)c1ccc(C(=N)N)c(F)c1.CC(C)(C)c1ccc(C(=N)N)c(O)c1.CC(C)(C)c1ccc(C(=N)N)cc1.CC(C)(C)c1ccc(C(=N)N)nc1.CC(C)(C)c1ccc(CN)c(F)c1.CC(C)(C)c1ccc(CN)cc1.CC(C)(C)c1ccc(CN)cc1F.CC(C)(C)c1cccc(C(N)=O)c1. The largest absolute Gasteiger partial charge is 0.507 e. The maximum atomic E-state index is 13.5. The molecule has 2 amide bonds.